The van der Waals surface area contributed by atoms with E-state index < -0.39 is 0 Å². The summed E-state index contributed by atoms with van der Waals surface area (Å²) in [6.45, 7) is 0.575. The summed E-state index contributed by atoms with van der Waals surface area (Å²) in [7, 11) is 3.96. The van der Waals surface area contributed by atoms with E-state index >= 15 is 0 Å². The molecule has 0 bridgehead atoms. The molecule has 22 heavy (non-hydrogen) atoms. The van der Waals surface area contributed by atoms with E-state index in [1.165, 1.54) is 12.8 Å². The molecule has 5 heteroatoms. The molecule has 0 amide bonds. The molecule has 1 saturated carbocycles. The molecule has 1 aromatic carbocycles. The highest BCUT2D eigenvalue weighted by Crippen LogP contribution is 2.38. The Labute approximate surface area is 131 Å². The molecule has 1 aliphatic heterocycles. The first-order chi connectivity index (χ1) is 10.6. The predicted molar refractivity (Wildman–Crippen MR) is 88.4 cm³/mol. The molecule has 1 aliphatic carbocycles. The number of aldehydes is 1. The average Bonchev–Trinajstić information content (AvgIpc) is 3.32. The summed E-state index contributed by atoms with van der Waals surface area (Å²) in [6, 6.07) is 6.11. The minimum Gasteiger partial charge on any atom is -0.488 e. The number of nitrogens with one attached hydrogen (secondary N) is 1. The van der Waals surface area contributed by atoms with Gasteiger partial charge in [-0.25, -0.2) is 0 Å². The van der Waals surface area contributed by atoms with Crippen LogP contribution in [0.25, 0.3) is 5.70 Å². The monoisotopic (exact) mass is 301 g/mol. The largest absolute Gasteiger partial charge is 0.488 e. The summed E-state index contributed by atoms with van der Waals surface area (Å²) in [5, 5.41) is 3.56. The van der Waals surface area contributed by atoms with Crippen molar-refractivity contribution >= 4 is 23.4 Å². The Morgan fingerprint density at radius 3 is 2.73 bits per heavy atom. The van der Waals surface area contributed by atoms with E-state index in [9.17, 15) is 4.79 Å². The van der Waals surface area contributed by atoms with E-state index in [0.29, 0.717) is 30.0 Å². The molecule has 3 N–H and O–H groups in total. The van der Waals surface area contributed by atoms with Crippen molar-refractivity contribution in [3.05, 3.63) is 29.5 Å². The third kappa shape index (κ3) is 2.89. The van der Waals surface area contributed by atoms with Crippen molar-refractivity contribution in [1.82, 2.24) is 5.32 Å². The highest BCUT2D eigenvalue weighted by atomic mass is 16.5. The summed E-state index contributed by atoms with van der Waals surface area (Å²) in [6.07, 6.45) is 4.21. The first-order valence-electron chi connectivity index (χ1n) is 7.76. The van der Waals surface area contributed by atoms with Crippen molar-refractivity contribution < 1.29 is 9.53 Å². The molecule has 5 nitrogen and oxygen atoms in total. The summed E-state index contributed by atoms with van der Waals surface area (Å²) in [4.78, 5) is 13.5. The highest BCUT2D eigenvalue weighted by molar-refractivity contribution is 5.89. The zero-order valence-corrected chi connectivity index (χ0v) is 13.1. The van der Waals surface area contributed by atoms with Gasteiger partial charge in [-0.2, -0.15) is 0 Å². The maximum absolute atomic E-state index is 11.5. The summed E-state index contributed by atoms with van der Waals surface area (Å²) < 4.78 is 5.69. The van der Waals surface area contributed by atoms with Gasteiger partial charge in [-0.1, -0.05) is 0 Å². The van der Waals surface area contributed by atoms with E-state index in [0.717, 1.165) is 29.7 Å². The van der Waals surface area contributed by atoms with Gasteiger partial charge in [0.25, 0.3) is 0 Å². The molecule has 0 saturated heterocycles. The number of nitrogen functional groups attached to an aromatic ring is 1. The van der Waals surface area contributed by atoms with Gasteiger partial charge in [-0.3, -0.25) is 4.79 Å². The number of rotatable bonds is 4. The van der Waals surface area contributed by atoms with Gasteiger partial charge < -0.3 is 20.7 Å². The fraction of sp³-hybridized carbons (Fsp3) is 0.471. The van der Waals surface area contributed by atoms with Gasteiger partial charge in [0, 0.05) is 43.5 Å². The minimum atomic E-state index is 0.365. The molecule has 2 aliphatic rings. The van der Waals surface area contributed by atoms with Crippen LogP contribution in [-0.4, -0.2) is 33.0 Å². The van der Waals surface area contributed by atoms with E-state index in [2.05, 4.69) is 5.32 Å². The molecule has 1 atom stereocenters. The van der Waals surface area contributed by atoms with Gasteiger partial charge in [0.05, 0.1) is 12.3 Å². The van der Waals surface area contributed by atoms with Crippen molar-refractivity contribution in [2.45, 2.75) is 25.3 Å². The van der Waals surface area contributed by atoms with Crippen LogP contribution >= 0.6 is 0 Å². The Morgan fingerprint density at radius 1 is 1.32 bits per heavy atom. The van der Waals surface area contributed by atoms with Crippen LogP contribution in [-0.2, 0) is 9.53 Å². The Morgan fingerprint density at radius 2 is 2.09 bits per heavy atom. The Kier molecular flexibility index (Phi) is 3.96. The Hall–Kier alpha value is -2.17. The number of ether oxygens (including phenoxy) is 1. The average molecular weight is 301 g/mol. The van der Waals surface area contributed by atoms with Crippen LogP contribution in [0.5, 0.6) is 0 Å². The smallest absolute Gasteiger partial charge is 0.186 e. The Balaban J connectivity index is 2.06. The van der Waals surface area contributed by atoms with Crippen LogP contribution < -0.4 is 16.0 Å². The predicted octanol–water partition coefficient (Wildman–Crippen LogP) is 1.99. The van der Waals surface area contributed by atoms with Gasteiger partial charge in [-0.05, 0) is 37.0 Å². The zero-order chi connectivity index (χ0) is 15.7. The van der Waals surface area contributed by atoms with Crippen molar-refractivity contribution in [3.63, 3.8) is 0 Å². The number of carbonyl (C=O) groups is 1. The molecular formula is C17H23N3O2. The fourth-order valence-corrected chi connectivity index (χ4v) is 3.00. The van der Waals surface area contributed by atoms with Crippen LogP contribution in [0, 0.1) is 5.92 Å². The molecule has 0 radical (unpaired) electrons. The van der Waals surface area contributed by atoms with Gasteiger partial charge in [-0.15, -0.1) is 0 Å². The number of anilines is 2. The maximum atomic E-state index is 11.5. The topological polar surface area (TPSA) is 67.6 Å². The van der Waals surface area contributed by atoms with Crippen molar-refractivity contribution in [3.8, 4) is 0 Å². The number of hydrogen-bond donors (Lipinski definition) is 2. The van der Waals surface area contributed by atoms with E-state index in [1.807, 2.05) is 37.2 Å². The summed E-state index contributed by atoms with van der Waals surface area (Å²) in [5.41, 5.74) is 9.33. The second-order valence-electron chi connectivity index (χ2n) is 6.25. The third-order valence-corrected chi connectivity index (χ3v) is 4.33. The first kappa shape index (κ1) is 14.8. The molecular weight excluding hydrogens is 278 g/mol. The first-order valence-corrected chi connectivity index (χ1v) is 7.76. The molecule has 1 heterocycles. The lowest BCUT2D eigenvalue weighted by molar-refractivity contribution is -0.107. The van der Waals surface area contributed by atoms with E-state index in [-0.39, 0.29) is 0 Å². The van der Waals surface area contributed by atoms with Crippen LogP contribution in [0.4, 0.5) is 11.4 Å². The molecule has 118 valence electrons. The van der Waals surface area contributed by atoms with Gasteiger partial charge in [0.15, 0.2) is 12.0 Å². The lowest BCUT2D eigenvalue weighted by Gasteiger charge is -2.23. The number of carbonyl (C=O) groups excluding carboxylic acids is 1. The second kappa shape index (κ2) is 5.91. The van der Waals surface area contributed by atoms with Crippen molar-refractivity contribution in [1.29, 1.82) is 0 Å². The number of hydrogen-bond acceptors (Lipinski definition) is 5. The minimum absolute atomic E-state index is 0.365. The number of benzene rings is 1. The highest BCUT2D eigenvalue weighted by Gasteiger charge is 2.34. The van der Waals surface area contributed by atoms with Crippen LogP contribution in [0.3, 0.4) is 0 Å². The molecule has 0 aromatic heterocycles. The normalized spacial score (nSPS) is 21.6. The van der Waals surface area contributed by atoms with E-state index in [4.69, 9.17) is 10.5 Å². The van der Waals surface area contributed by atoms with E-state index in [1.54, 1.807) is 0 Å². The van der Waals surface area contributed by atoms with Crippen molar-refractivity contribution in [2.24, 2.45) is 5.92 Å². The molecule has 3 rings (SSSR count). The number of nitrogens with zero attached hydrogens (tertiary/aromatic N) is 1. The third-order valence-electron chi connectivity index (χ3n) is 4.33. The maximum Gasteiger partial charge on any atom is 0.186 e. The molecule has 1 aromatic rings. The zero-order valence-electron chi connectivity index (χ0n) is 13.1. The molecule has 1 fully saturated rings. The molecule has 0 spiro atoms. The van der Waals surface area contributed by atoms with Crippen LogP contribution in [0.1, 0.15) is 24.8 Å². The fourth-order valence-electron chi connectivity index (χ4n) is 3.00. The number of nitrogens with two attached hydrogens (primary N) is 1. The number of allylic oxidation sites excluding steroid dienone is 1. The lowest BCUT2D eigenvalue weighted by atomic mass is 10.0. The summed E-state index contributed by atoms with van der Waals surface area (Å²) >= 11 is 0. The SMILES string of the molecule is CN(C)c1ccc(N)cc1C1=C(C=O)OCCC(C2CC2)N1. The summed E-state index contributed by atoms with van der Waals surface area (Å²) in [5.74, 6) is 1.06. The van der Waals surface area contributed by atoms with Crippen molar-refractivity contribution in [2.75, 3.05) is 31.3 Å². The van der Waals surface area contributed by atoms with Gasteiger partial charge in [0.1, 0.15) is 0 Å². The van der Waals surface area contributed by atoms with Gasteiger partial charge >= 0.3 is 0 Å². The van der Waals surface area contributed by atoms with Crippen LogP contribution in [0.2, 0.25) is 0 Å². The second-order valence-corrected chi connectivity index (χ2v) is 6.25. The lowest BCUT2D eigenvalue weighted by Crippen LogP contribution is -2.30. The standard InChI is InChI=1S/C17H23N3O2/c1-20(2)15-6-5-12(18)9-13(15)17-16(10-21)22-8-7-14(19-17)11-3-4-11/h5-6,9-11,14,19H,3-4,7-8,18H2,1-2H3. The molecule has 1 unspecified atom stereocenters. The van der Waals surface area contributed by atoms with Crippen LogP contribution in [0.15, 0.2) is 24.0 Å². The quantitative estimate of drug-likeness (QED) is 0.657. The van der Waals surface area contributed by atoms with Gasteiger partial charge in [0.2, 0.25) is 0 Å². The Bertz CT molecular complexity index is 606.